The fourth-order valence-corrected chi connectivity index (χ4v) is 4.89. The molecule has 7 nitrogen and oxygen atoms in total. The third kappa shape index (κ3) is 23.8. The Hall–Kier alpha value is -0.280. The van der Waals surface area contributed by atoms with Crippen LogP contribution in [-0.2, 0) is 33.2 Å². The lowest BCUT2D eigenvalue weighted by molar-refractivity contribution is -0.176. The molecule has 1 atom stereocenters. The monoisotopic (exact) mass is 588 g/mol. The van der Waals surface area contributed by atoms with E-state index in [1.54, 1.807) is 0 Å². The Labute approximate surface area is 254 Å². The molecular weight excluding hydrogens is 520 g/mol. The first-order valence-corrected chi connectivity index (χ1v) is 16.3. The molecule has 0 spiro atoms. The van der Waals surface area contributed by atoms with Crippen LogP contribution in [0.25, 0.3) is 0 Å². The Morgan fingerprint density at radius 3 is 1.07 bits per heavy atom. The third-order valence-corrected chi connectivity index (χ3v) is 6.28. The lowest BCUT2D eigenvalue weighted by atomic mass is 10.1. The minimum atomic E-state index is -0.0225. The van der Waals surface area contributed by atoms with E-state index in [1.807, 2.05) is 0 Å². The fraction of sp³-hybridized carbons (Fsp3) is 1.00. The van der Waals surface area contributed by atoms with Crippen LogP contribution in [0.1, 0.15) is 134 Å². The van der Waals surface area contributed by atoms with Crippen molar-refractivity contribution >= 4 is 0 Å². The summed E-state index contributed by atoms with van der Waals surface area (Å²) in [6.07, 6.45) is 11.3. The van der Waals surface area contributed by atoms with Crippen LogP contribution in [0.4, 0.5) is 0 Å². The molecule has 3 heterocycles. The van der Waals surface area contributed by atoms with Crippen molar-refractivity contribution in [1.29, 1.82) is 0 Å². The van der Waals surface area contributed by atoms with Gasteiger partial charge in [-0.1, -0.05) is 12.8 Å². The number of hydrogen-bond donors (Lipinski definition) is 0. The predicted octanol–water partition coefficient (Wildman–Crippen LogP) is 7.91. The zero-order chi connectivity index (χ0) is 31.2. The predicted molar refractivity (Wildman–Crippen MR) is 168 cm³/mol. The largest absolute Gasteiger partial charge is 0.381 e. The van der Waals surface area contributed by atoms with E-state index in [4.69, 9.17) is 33.2 Å². The highest BCUT2D eigenvalue weighted by Gasteiger charge is 2.25. The Kier molecular flexibility index (Phi) is 17.5. The molecule has 3 aliphatic heterocycles. The first-order chi connectivity index (χ1) is 18.8. The van der Waals surface area contributed by atoms with Crippen molar-refractivity contribution < 1.29 is 33.2 Å². The van der Waals surface area contributed by atoms with E-state index in [1.165, 1.54) is 25.7 Å². The molecule has 246 valence electrons. The number of ether oxygens (including phenoxy) is 7. The standard InChI is InChI=1S/2C9H18O2.C9H18O.C7H14O2/c1-9(2,3)11-8-4-6-10-7-5-8;1-9(2,3)11-8-5-4-6-10-7-8;1-9(2,3)10-8-6-4-5-7-8;1-7(2,3)9-6-4-8-5-6/h2*8H,4-7H2,1-3H3;8H,4-7H2,1-3H3;6H,4-5H2,1-3H3. The van der Waals surface area contributed by atoms with Crippen molar-refractivity contribution in [3.8, 4) is 0 Å². The van der Waals surface area contributed by atoms with Crippen LogP contribution in [0.5, 0.6) is 0 Å². The van der Waals surface area contributed by atoms with Gasteiger partial charge >= 0.3 is 0 Å². The molecule has 0 radical (unpaired) electrons. The maximum atomic E-state index is 5.80. The van der Waals surface area contributed by atoms with Gasteiger partial charge in [-0.25, -0.2) is 0 Å². The topological polar surface area (TPSA) is 64.6 Å². The first kappa shape index (κ1) is 38.7. The molecule has 0 N–H and O–H groups in total. The van der Waals surface area contributed by atoms with Gasteiger partial charge < -0.3 is 33.2 Å². The first-order valence-electron chi connectivity index (χ1n) is 16.3. The molecular formula is C34H68O7. The van der Waals surface area contributed by atoms with Gasteiger partial charge in [0.25, 0.3) is 0 Å². The van der Waals surface area contributed by atoms with Crippen LogP contribution in [0, 0.1) is 0 Å². The molecule has 1 saturated carbocycles. The fourth-order valence-electron chi connectivity index (χ4n) is 4.89. The number of hydrogen-bond acceptors (Lipinski definition) is 7. The Balaban J connectivity index is 0.000000274. The molecule has 4 rings (SSSR count). The molecule has 7 heteroatoms. The zero-order valence-corrected chi connectivity index (χ0v) is 29.1. The van der Waals surface area contributed by atoms with E-state index in [0.29, 0.717) is 24.4 Å². The molecule has 4 aliphatic rings. The van der Waals surface area contributed by atoms with Crippen molar-refractivity contribution in [2.24, 2.45) is 0 Å². The summed E-state index contributed by atoms with van der Waals surface area (Å²) in [5.74, 6) is 0. The van der Waals surface area contributed by atoms with Gasteiger partial charge in [0, 0.05) is 19.8 Å². The molecule has 0 aromatic rings. The quantitative estimate of drug-likeness (QED) is 0.331. The normalized spacial score (nSPS) is 23.3. The van der Waals surface area contributed by atoms with Crippen molar-refractivity contribution in [2.75, 3.05) is 39.6 Å². The summed E-state index contributed by atoms with van der Waals surface area (Å²) in [7, 11) is 0. The molecule has 0 aromatic heterocycles. The zero-order valence-electron chi connectivity index (χ0n) is 29.1. The van der Waals surface area contributed by atoms with Crippen LogP contribution in [0.15, 0.2) is 0 Å². The summed E-state index contributed by atoms with van der Waals surface area (Å²) in [5.41, 5.74) is 0.0385. The Bertz CT molecular complexity index is 602. The van der Waals surface area contributed by atoms with Gasteiger partial charge in [0.15, 0.2) is 0 Å². The van der Waals surface area contributed by atoms with Crippen LogP contribution in [-0.4, -0.2) is 86.5 Å². The minimum absolute atomic E-state index is 0.00199. The average Bonchev–Trinajstić information content (AvgIpc) is 3.28. The second-order valence-corrected chi connectivity index (χ2v) is 15.6. The molecule has 3 saturated heterocycles. The van der Waals surface area contributed by atoms with E-state index >= 15 is 0 Å². The van der Waals surface area contributed by atoms with Gasteiger partial charge in [-0.3, -0.25) is 0 Å². The lowest BCUT2D eigenvalue weighted by Gasteiger charge is -2.32. The summed E-state index contributed by atoms with van der Waals surface area (Å²) in [6.45, 7) is 30.1. The molecule has 0 bridgehead atoms. The van der Waals surface area contributed by atoms with E-state index in [2.05, 4.69) is 83.1 Å². The Morgan fingerprint density at radius 1 is 0.366 bits per heavy atom. The van der Waals surface area contributed by atoms with Crippen molar-refractivity contribution in [3.05, 3.63) is 0 Å². The Morgan fingerprint density at radius 2 is 0.732 bits per heavy atom. The maximum absolute atomic E-state index is 5.80. The van der Waals surface area contributed by atoms with Crippen molar-refractivity contribution in [2.45, 2.75) is 181 Å². The third-order valence-electron chi connectivity index (χ3n) is 6.28. The van der Waals surface area contributed by atoms with Gasteiger partial charge in [-0.05, 0) is 122 Å². The SMILES string of the molecule is CC(C)(C)OC1CCCC1.CC(C)(C)OC1CCCOC1.CC(C)(C)OC1CCOCC1.CC(C)(C)OC1COC1. The van der Waals surface area contributed by atoms with Gasteiger partial charge in [0.2, 0.25) is 0 Å². The van der Waals surface area contributed by atoms with E-state index in [0.717, 1.165) is 65.3 Å². The smallest absolute Gasteiger partial charge is 0.105 e. The highest BCUT2D eigenvalue weighted by atomic mass is 16.6. The van der Waals surface area contributed by atoms with Gasteiger partial charge in [0.05, 0.1) is 60.5 Å². The number of rotatable bonds is 4. The summed E-state index contributed by atoms with van der Waals surface area (Å²) >= 11 is 0. The van der Waals surface area contributed by atoms with Crippen LogP contribution in [0.2, 0.25) is 0 Å². The molecule has 0 aromatic carbocycles. The van der Waals surface area contributed by atoms with E-state index in [9.17, 15) is 0 Å². The summed E-state index contributed by atoms with van der Waals surface area (Å²) < 4.78 is 38.4. The second-order valence-electron chi connectivity index (χ2n) is 15.6. The van der Waals surface area contributed by atoms with Crippen LogP contribution in [0.3, 0.4) is 0 Å². The van der Waals surface area contributed by atoms with Crippen molar-refractivity contribution in [3.63, 3.8) is 0 Å². The lowest BCUT2D eigenvalue weighted by Crippen LogP contribution is -2.41. The highest BCUT2D eigenvalue weighted by molar-refractivity contribution is 4.72. The van der Waals surface area contributed by atoms with Gasteiger partial charge in [-0.15, -0.1) is 0 Å². The second kappa shape index (κ2) is 18.5. The van der Waals surface area contributed by atoms with Gasteiger partial charge in [-0.2, -0.15) is 0 Å². The van der Waals surface area contributed by atoms with Gasteiger partial charge in [0.1, 0.15) is 6.10 Å². The average molecular weight is 589 g/mol. The van der Waals surface area contributed by atoms with Crippen LogP contribution < -0.4 is 0 Å². The van der Waals surface area contributed by atoms with E-state index in [-0.39, 0.29) is 22.4 Å². The van der Waals surface area contributed by atoms with Crippen molar-refractivity contribution in [1.82, 2.24) is 0 Å². The summed E-state index contributed by atoms with van der Waals surface area (Å²) in [6, 6.07) is 0. The van der Waals surface area contributed by atoms with Crippen LogP contribution >= 0.6 is 0 Å². The maximum Gasteiger partial charge on any atom is 0.105 e. The summed E-state index contributed by atoms with van der Waals surface area (Å²) in [4.78, 5) is 0. The minimum Gasteiger partial charge on any atom is -0.381 e. The molecule has 4 fully saturated rings. The molecule has 0 amide bonds. The van der Waals surface area contributed by atoms with E-state index < -0.39 is 0 Å². The molecule has 41 heavy (non-hydrogen) atoms. The molecule has 1 aliphatic carbocycles. The molecule has 1 unspecified atom stereocenters. The summed E-state index contributed by atoms with van der Waals surface area (Å²) in [5, 5.41) is 0. The highest BCUT2D eigenvalue weighted by Crippen LogP contribution is 2.25.